The first kappa shape index (κ1) is 16.6. The molecule has 2 aliphatic carbocycles. The fraction of sp³-hybridized carbons (Fsp3) is 0.650. The minimum atomic E-state index is 0.0593. The first-order chi connectivity index (χ1) is 12.1. The lowest BCUT2D eigenvalue weighted by atomic mass is 10.0. The number of pyridine rings is 1. The summed E-state index contributed by atoms with van der Waals surface area (Å²) in [7, 11) is 1.86. The highest BCUT2D eigenvalue weighted by molar-refractivity contribution is 5.84. The highest BCUT2D eigenvalue weighted by atomic mass is 16.2. The molecule has 1 aliphatic heterocycles. The summed E-state index contributed by atoms with van der Waals surface area (Å²) in [6.45, 7) is 2.18. The normalized spacial score (nSPS) is 28.5. The van der Waals surface area contributed by atoms with Crippen LogP contribution in [0.25, 0.3) is 0 Å². The molecule has 0 aromatic carbocycles. The van der Waals surface area contributed by atoms with E-state index >= 15 is 0 Å². The Kier molecular flexibility index (Phi) is 4.26. The highest BCUT2D eigenvalue weighted by Gasteiger charge is 2.62. The van der Waals surface area contributed by atoms with Crippen LogP contribution in [-0.2, 0) is 16.1 Å². The van der Waals surface area contributed by atoms with Crippen molar-refractivity contribution in [2.75, 3.05) is 20.1 Å². The third kappa shape index (κ3) is 3.16. The first-order valence-electron chi connectivity index (χ1n) is 9.53. The second kappa shape index (κ2) is 6.43. The molecule has 5 heteroatoms. The van der Waals surface area contributed by atoms with Crippen LogP contribution in [0.15, 0.2) is 24.4 Å². The number of likely N-dealkylation sites (tertiary alicyclic amines) is 1. The van der Waals surface area contributed by atoms with Gasteiger partial charge in [0, 0.05) is 43.6 Å². The minimum absolute atomic E-state index is 0.0593. The van der Waals surface area contributed by atoms with Gasteiger partial charge in [0.1, 0.15) is 0 Å². The molecule has 25 heavy (non-hydrogen) atoms. The van der Waals surface area contributed by atoms with E-state index in [1.807, 2.05) is 30.1 Å². The number of carbonyl (C=O) groups excluding carboxylic acids is 2. The molecule has 5 nitrogen and oxygen atoms in total. The summed E-state index contributed by atoms with van der Waals surface area (Å²) in [5.74, 6) is 0.882. The van der Waals surface area contributed by atoms with E-state index < -0.39 is 0 Å². The standard InChI is InChI=1S/C20H27N3O2/c1-22(13-16-8-4-5-10-21-16)19(25)17-12-20(17)9-11-23(14-20)18(24)15-6-2-3-7-15/h4-5,8,10,15,17H,2-3,6-7,9,11-14H2,1H3/t17-,20-/m0/s1. The lowest BCUT2D eigenvalue weighted by Gasteiger charge is -2.21. The van der Waals surface area contributed by atoms with Gasteiger partial charge in [-0.25, -0.2) is 0 Å². The fourth-order valence-corrected chi connectivity index (χ4v) is 4.74. The van der Waals surface area contributed by atoms with Gasteiger partial charge in [-0.3, -0.25) is 14.6 Å². The molecule has 134 valence electrons. The molecule has 1 aromatic heterocycles. The van der Waals surface area contributed by atoms with E-state index in [1.54, 1.807) is 11.1 Å². The Morgan fingerprint density at radius 3 is 2.84 bits per heavy atom. The zero-order valence-corrected chi connectivity index (χ0v) is 15.0. The van der Waals surface area contributed by atoms with E-state index in [2.05, 4.69) is 4.98 Å². The molecule has 3 aliphatic rings. The Balaban J connectivity index is 1.33. The van der Waals surface area contributed by atoms with Gasteiger partial charge in [-0.1, -0.05) is 18.9 Å². The number of carbonyl (C=O) groups is 2. The van der Waals surface area contributed by atoms with Gasteiger partial charge in [0.05, 0.1) is 12.2 Å². The average Bonchev–Trinajstić information content (AvgIpc) is 2.97. The minimum Gasteiger partial charge on any atom is -0.342 e. The second-order valence-corrected chi connectivity index (χ2v) is 8.13. The van der Waals surface area contributed by atoms with Crippen molar-refractivity contribution < 1.29 is 9.59 Å². The summed E-state index contributed by atoms with van der Waals surface area (Å²) < 4.78 is 0. The maximum absolute atomic E-state index is 12.8. The van der Waals surface area contributed by atoms with Crippen LogP contribution in [0.2, 0.25) is 0 Å². The largest absolute Gasteiger partial charge is 0.342 e. The summed E-state index contributed by atoms with van der Waals surface area (Å²) in [5.41, 5.74) is 0.974. The van der Waals surface area contributed by atoms with Crippen molar-refractivity contribution >= 4 is 11.8 Å². The molecule has 0 bridgehead atoms. The number of aromatic nitrogens is 1. The van der Waals surface area contributed by atoms with Crippen molar-refractivity contribution in [2.24, 2.45) is 17.3 Å². The number of rotatable bonds is 4. The van der Waals surface area contributed by atoms with Crippen LogP contribution in [0, 0.1) is 17.3 Å². The topological polar surface area (TPSA) is 53.5 Å². The maximum atomic E-state index is 12.8. The first-order valence-corrected chi connectivity index (χ1v) is 9.53. The van der Waals surface area contributed by atoms with Gasteiger partial charge in [-0.15, -0.1) is 0 Å². The Morgan fingerprint density at radius 1 is 1.32 bits per heavy atom. The van der Waals surface area contributed by atoms with E-state index in [-0.39, 0.29) is 23.2 Å². The summed E-state index contributed by atoms with van der Waals surface area (Å²) in [4.78, 5) is 33.6. The summed E-state index contributed by atoms with van der Waals surface area (Å²) >= 11 is 0. The Bertz CT molecular complexity index is 656. The predicted molar refractivity (Wildman–Crippen MR) is 94.4 cm³/mol. The lowest BCUT2D eigenvalue weighted by Crippen LogP contribution is -2.34. The van der Waals surface area contributed by atoms with E-state index in [0.29, 0.717) is 12.5 Å². The lowest BCUT2D eigenvalue weighted by molar-refractivity contribution is -0.135. The molecule has 0 radical (unpaired) electrons. The van der Waals surface area contributed by atoms with Crippen LogP contribution in [0.3, 0.4) is 0 Å². The van der Waals surface area contributed by atoms with E-state index in [4.69, 9.17) is 0 Å². The molecule has 4 rings (SSSR count). The fourth-order valence-electron chi connectivity index (χ4n) is 4.74. The van der Waals surface area contributed by atoms with Gasteiger partial charge in [-0.2, -0.15) is 0 Å². The zero-order valence-electron chi connectivity index (χ0n) is 15.0. The van der Waals surface area contributed by atoms with Crippen LogP contribution < -0.4 is 0 Å². The summed E-state index contributed by atoms with van der Waals surface area (Å²) in [6, 6.07) is 5.78. The molecule has 1 saturated heterocycles. The third-order valence-corrected chi connectivity index (χ3v) is 6.39. The van der Waals surface area contributed by atoms with Crippen LogP contribution in [0.4, 0.5) is 0 Å². The quantitative estimate of drug-likeness (QED) is 0.845. The van der Waals surface area contributed by atoms with Gasteiger partial charge in [0.15, 0.2) is 0 Å². The van der Waals surface area contributed by atoms with Crippen molar-refractivity contribution in [2.45, 2.75) is 45.1 Å². The van der Waals surface area contributed by atoms with Gasteiger partial charge >= 0.3 is 0 Å². The molecular weight excluding hydrogens is 314 g/mol. The molecule has 2 atom stereocenters. The van der Waals surface area contributed by atoms with Crippen molar-refractivity contribution in [1.29, 1.82) is 0 Å². The van der Waals surface area contributed by atoms with Crippen molar-refractivity contribution in [3.05, 3.63) is 30.1 Å². The predicted octanol–water partition coefficient (Wildman–Crippen LogP) is 2.47. The molecule has 0 unspecified atom stereocenters. The molecule has 2 heterocycles. The zero-order chi connectivity index (χ0) is 17.4. The van der Waals surface area contributed by atoms with Crippen molar-refractivity contribution in [3.63, 3.8) is 0 Å². The van der Waals surface area contributed by atoms with Crippen LogP contribution in [0.1, 0.15) is 44.2 Å². The summed E-state index contributed by atoms with van der Waals surface area (Å²) in [6.07, 6.45) is 8.17. The van der Waals surface area contributed by atoms with Crippen molar-refractivity contribution in [3.8, 4) is 0 Å². The number of hydrogen-bond acceptors (Lipinski definition) is 3. The monoisotopic (exact) mass is 341 g/mol. The van der Waals surface area contributed by atoms with E-state index in [1.165, 1.54) is 12.8 Å². The molecule has 1 aromatic rings. The van der Waals surface area contributed by atoms with E-state index in [0.717, 1.165) is 44.5 Å². The Hall–Kier alpha value is -1.91. The number of hydrogen-bond donors (Lipinski definition) is 0. The molecule has 3 fully saturated rings. The van der Waals surface area contributed by atoms with Crippen molar-refractivity contribution in [1.82, 2.24) is 14.8 Å². The molecule has 2 amide bonds. The van der Waals surface area contributed by atoms with Gasteiger partial charge < -0.3 is 9.80 Å². The molecule has 0 N–H and O–H groups in total. The average molecular weight is 341 g/mol. The molecule has 2 saturated carbocycles. The number of nitrogens with zero attached hydrogens (tertiary/aromatic N) is 3. The maximum Gasteiger partial charge on any atom is 0.226 e. The highest BCUT2D eigenvalue weighted by Crippen LogP contribution is 2.59. The SMILES string of the molecule is CN(Cc1ccccn1)C(=O)[C@@H]1C[C@]12CCN(C(=O)C1CCCC1)C2. The summed E-state index contributed by atoms with van der Waals surface area (Å²) in [5, 5.41) is 0. The van der Waals surface area contributed by atoms with Crippen LogP contribution in [0.5, 0.6) is 0 Å². The Labute approximate surface area is 149 Å². The van der Waals surface area contributed by atoms with Crippen LogP contribution >= 0.6 is 0 Å². The van der Waals surface area contributed by atoms with Gasteiger partial charge in [-0.05, 0) is 37.8 Å². The number of amides is 2. The van der Waals surface area contributed by atoms with Crippen LogP contribution in [-0.4, -0.2) is 46.7 Å². The smallest absolute Gasteiger partial charge is 0.226 e. The van der Waals surface area contributed by atoms with E-state index in [9.17, 15) is 9.59 Å². The third-order valence-electron chi connectivity index (χ3n) is 6.39. The second-order valence-electron chi connectivity index (χ2n) is 8.13. The molecule has 1 spiro atoms. The van der Waals surface area contributed by atoms with Gasteiger partial charge in [0.25, 0.3) is 0 Å². The molecular formula is C20H27N3O2. The Morgan fingerprint density at radius 2 is 2.12 bits per heavy atom. The van der Waals surface area contributed by atoms with Gasteiger partial charge in [0.2, 0.25) is 11.8 Å².